The second-order valence-corrected chi connectivity index (χ2v) is 4.09. The van der Waals surface area contributed by atoms with Crippen LogP contribution in [0.5, 0.6) is 0 Å². The molecule has 5 nitrogen and oxygen atoms in total. The summed E-state index contributed by atoms with van der Waals surface area (Å²) in [5.74, 6) is 0.667. The van der Waals surface area contributed by atoms with E-state index in [-0.39, 0.29) is 5.60 Å². The van der Waals surface area contributed by atoms with Crippen molar-refractivity contribution in [1.29, 1.82) is 0 Å². The summed E-state index contributed by atoms with van der Waals surface area (Å²) in [7, 11) is 0. The first-order chi connectivity index (χ1) is 6.51. The molecule has 0 amide bonds. The van der Waals surface area contributed by atoms with E-state index in [2.05, 4.69) is 10.1 Å². The summed E-state index contributed by atoms with van der Waals surface area (Å²) in [4.78, 5) is 4.02. The number of aromatic nitrogens is 3. The molecule has 0 atom stereocenters. The smallest absolute Gasteiger partial charge is 0.164 e. The average Bonchev–Trinajstić information content (AvgIpc) is 2.50. The lowest BCUT2D eigenvalue weighted by Gasteiger charge is -2.19. The Morgan fingerprint density at radius 2 is 2.21 bits per heavy atom. The van der Waals surface area contributed by atoms with Crippen LogP contribution >= 0.6 is 0 Å². The van der Waals surface area contributed by atoms with Crippen molar-refractivity contribution in [3.05, 3.63) is 12.2 Å². The van der Waals surface area contributed by atoms with Gasteiger partial charge in [-0.15, -0.1) is 0 Å². The van der Waals surface area contributed by atoms with Gasteiger partial charge in [-0.3, -0.25) is 4.68 Å². The standard InChI is InChI=1S/C9H18N4O/c1-9(2,3)14-5-4-13-7-11-8(6-10)12-13/h7H,4-6,10H2,1-3H3. The first-order valence-electron chi connectivity index (χ1n) is 4.73. The Balaban J connectivity index is 2.31. The third-order valence-corrected chi connectivity index (χ3v) is 1.62. The van der Waals surface area contributed by atoms with Crippen LogP contribution in [0.3, 0.4) is 0 Å². The molecule has 5 heteroatoms. The van der Waals surface area contributed by atoms with Crippen molar-refractivity contribution < 1.29 is 4.74 Å². The van der Waals surface area contributed by atoms with Crippen molar-refractivity contribution >= 4 is 0 Å². The zero-order valence-corrected chi connectivity index (χ0v) is 9.03. The summed E-state index contributed by atoms with van der Waals surface area (Å²) in [6.45, 7) is 7.81. The highest BCUT2D eigenvalue weighted by Gasteiger charge is 2.09. The molecule has 0 aromatic carbocycles. The van der Waals surface area contributed by atoms with Crippen molar-refractivity contribution in [3.63, 3.8) is 0 Å². The van der Waals surface area contributed by atoms with E-state index in [0.29, 0.717) is 25.5 Å². The van der Waals surface area contributed by atoms with Gasteiger partial charge in [0, 0.05) is 0 Å². The second kappa shape index (κ2) is 4.52. The van der Waals surface area contributed by atoms with E-state index >= 15 is 0 Å². The Bertz CT molecular complexity index is 277. The summed E-state index contributed by atoms with van der Waals surface area (Å²) < 4.78 is 7.30. The van der Waals surface area contributed by atoms with Crippen LogP contribution < -0.4 is 5.73 Å². The lowest BCUT2D eigenvalue weighted by molar-refractivity contribution is -0.00795. The molecule has 0 aliphatic heterocycles. The van der Waals surface area contributed by atoms with Crippen molar-refractivity contribution in [1.82, 2.24) is 14.8 Å². The van der Waals surface area contributed by atoms with Gasteiger partial charge in [-0.25, -0.2) is 4.98 Å². The van der Waals surface area contributed by atoms with E-state index < -0.39 is 0 Å². The molecular formula is C9H18N4O. The third-order valence-electron chi connectivity index (χ3n) is 1.62. The Kier molecular flexibility index (Phi) is 3.60. The lowest BCUT2D eigenvalue weighted by Crippen LogP contribution is -2.22. The fourth-order valence-electron chi connectivity index (χ4n) is 0.980. The van der Waals surface area contributed by atoms with E-state index in [1.807, 2.05) is 20.8 Å². The van der Waals surface area contributed by atoms with Crippen molar-refractivity contribution in [3.8, 4) is 0 Å². The zero-order valence-electron chi connectivity index (χ0n) is 9.03. The van der Waals surface area contributed by atoms with Crippen LogP contribution in [0.1, 0.15) is 26.6 Å². The van der Waals surface area contributed by atoms with Gasteiger partial charge in [-0.05, 0) is 20.8 Å². The van der Waals surface area contributed by atoms with E-state index in [4.69, 9.17) is 10.5 Å². The highest BCUT2D eigenvalue weighted by Crippen LogP contribution is 2.06. The summed E-state index contributed by atoms with van der Waals surface area (Å²) in [5, 5.41) is 4.15. The fraction of sp³-hybridized carbons (Fsp3) is 0.778. The highest BCUT2D eigenvalue weighted by atomic mass is 16.5. The van der Waals surface area contributed by atoms with Gasteiger partial charge < -0.3 is 10.5 Å². The van der Waals surface area contributed by atoms with E-state index in [1.54, 1.807) is 11.0 Å². The van der Waals surface area contributed by atoms with Gasteiger partial charge in [-0.2, -0.15) is 5.10 Å². The molecule has 0 unspecified atom stereocenters. The minimum Gasteiger partial charge on any atom is -0.374 e. The number of rotatable bonds is 4. The van der Waals surface area contributed by atoms with Crippen LogP contribution in [0.15, 0.2) is 6.33 Å². The van der Waals surface area contributed by atoms with Gasteiger partial charge in [-0.1, -0.05) is 0 Å². The Labute approximate surface area is 84.3 Å². The molecule has 0 aliphatic carbocycles. The molecule has 1 rings (SSSR count). The van der Waals surface area contributed by atoms with E-state index in [1.165, 1.54) is 0 Å². The van der Waals surface area contributed by atoms with Gasteiger partial charge in [0.05, 0.1) is 25.3 Å². The molecule has 0 spiro atoms. The molecule has 2 N–H and O–H groups in total. The Morgan fingerprint density at radius 1 is 1.50 bits per heavy atom. The maximum atomic E-state index is 5.56. The van der Waals surface area contributed by atoms with E-state index in [9.17, 15) is 0 Å². The number of nitrogens with zero attached hydrogens (tertiary/aromatic N) is 3. The van der Waals surface area contributed by atoms with Gasteiger partial charge >= 0.3 is 0 Å². The largest absolute Gasteiger partial charge is 0.374 e. The van der Waals surface area contributed by atoms with Crippen molar-refractivity contribution in [2.24, 2.45) is 5.73 Å². The molecule has 0 radical (unpaired) electrons. The minimum atomic E-state index is -0.0999. The zero-order chi connectivity index (χ0) is 10.6. The third kappa shape index (κ3) is 3.85. The maximum absolute atomic E-state index is 5.56. The van der Waals surface area contributed by atoms with Crippen LogP contribution in [-0.2, 0) is 17.8 Å². The van der Waals surface area contributed by atoms with Gasteiger partial charge in [0.2, 0.25) is 0 Å². The molecule has 0 saturated heterocycles. The first-order valence-corrected chi connectivity index (χ1v) is 4.73. The number of hydrogen-bond acceptors (Lipinski definition) is 4. The predicted molar refractivity (Wildman–Crippen MR) is 53.6 cm³/mol. The quantitative estimate of drug-likeness (QED) is 0.767. The second-order valence-electron chi connectivity index (χ2n) is 4.09. The highest BCUT2D eigenvalue weighted by molar-refractivity contribution is 4.78. The molecule has 0 bridgehead atoms. The minimum absolute atomic E-state index is 0.0999. The molecule has 0 fully saturated rings. The summed E-state index contributed by atoms with van der Waals surface area (Å²) >= 11 is 0. The Hall–Kier alpha value is -0.940. The van der Waals surface area contributed by atoms with Crippen LogP contribution in [0.4, 0.5) is 0 Å². The van der Waals surface area contributed by atoms with Crippen LogP contribution in [-0.4, -0.2) is 27.0 Å². The molecule has 0 aliphatic rings. The monoisotopic (exact) mass is 198 g/mol. The van der Waals surface area contributed by atoms with Gasteiger partial charge in [0.25, 0.3) is 0 Å². The van der Waals surface area contributed by atoms with Crippen LogP contribution in [0, 0.1) is 0 Å². The lowest BCUT2D eigenvalue weighted by atomic mass is 10.2. The predicted octanol–water partition coefficient (Wildman–Crippen LogP) is 0.552. The Morgan fingerprint density at radius 3 is 2.71 bits per heavy atom. The summed E-state index contributed by atoms with van der Waals surface area (Å²) in [6.07, 6.45) is 1.67. The van der Waals surface area contributed by atoms with Gasteiger partial charge in [0.1, 0.15) is 6.33 Å². The number of ether oxygens (including phenoxy) is 1. The fourth-order valence-corrected chi connectivity index (χ4v) is 0.980. The molecule has 14 heavy (non-hydrogen) atoms. The van der Waals surface area contributed by atoms with Crippen molar-refractivity contribution in [2.75, 3.05) is 6.61 Å². The maximum Gasteiger partial charge on any atom is 0.164 e. The molecule has 0 saturated carbocycles. The molecular weight excluding hydrogens is 180 g/mol. The molecule has 1 aromatic rings. The van der Waals surface area contributed by atoms with Gasteiger partial charge in [0.15, 0.2) is 5.82 Å². The number of nitrogens with two attached hydrogens (primary N) is 1. The van der Waals surface area contributed by atoms with Crippen LogP contribution in [0.25, 0.3) is 0 Å². The SMILES string of the molecule is CC(C)(C)OCCn1cnc(CN)n1. The number of hydrogen-bond donors (Lipinski definition) is 1. The normalized spacial score (nSPS) is 12.0. The molecule has 1 heterocycles. The topological polar surface area (TPSA) is 66.0 Å². The first kappa shape index (κ1) is 11.1. The molecule has 1 aromatic heterocycles. The molecule has 80 valence electrons. The van der Waals surface area contributed by atoms with Crippen molar-refractivity contribution in [2.45, 2.75) is 39.5 Å². The van der Waals surface area contributed by atoms with Crippen LogP contribution in [0.2, 0.25) is 0 Å². The summed E-state index contributed by atoms with van der Waals surface area (Å²) in [5.41, 5.74) is 5.29. The summed E-state index contributed by atoms with van der Waals surface area (Å²) in [6, 6.07) is 0. The average molecular weight is 198 g/mol. The van der Waals surface area contributed by atoms with E-state index in [0.717, 1.165) is 0 Å².